The van der Waals surface area contributed by atoms with E-state index in [2.05, 4.69) is 20.4 Å². The summed E-state index contributed by atoms with van der Waals surface area (Å²) in [6.07, 6.45) is -2.60. The number of likely N-dealkylation sites (tertiary alicyclic amines) is 1. The van der Waals surface area contributed by atoms with Crippen molar-refractivity contribution in [3.8, 4) is 0 Å². The number of hydrogen-bond donors (Lipinski definition) is 1. The highest BCUT2D eigenvalue weighted by Gasteiger charge is 2.29. The van der Waals surface area contributed by atoms with Gasteiger partial charge >= 0.3 is 6.18 Å². The Labute approximate surface area is 138 Å². The maximum Gasteiger partial charge on any atom is 0.401 e. The Morgan fingerprint density at radius 3 is 2.88 bits per heavy atom. The number of carbonyl (C=O) groups excluding carboxylic acids is 1. The maximum atomic E-state index is 12.1. The number of amides is 1. The lowest BCUT2D eigenvalue weighted by Gasteiger charge is -2.37. The Bertz CT molecular complexity index is 549. The first-order valence-corrected chi connectivity index (χ1v) is 7.79. The van der Waals surface area contributed by atoms with Crippen LogP contribution in [-0.2, 0) is 11.3 Å². The van der Waals surface area contributed by atoms with Crippen LogP contribution in [0.5, 0.6) is 0 Å². The van der Waals surface area contributed by atoms with E-state index in [-0.39, 0.29) is 18.5 Å². The summed E-state index contributed by atoms with van der Waals surface area (Å²) >= 11 is 0. The summed E-state index contributed by atoms with van der Waals surface area (Å²) in [5, 5.41) is 5.99. The largest absolute Gasteiger partial charge is 0.401 e. The molecule has 0 aromatic carbocycles. The van der Waals surface area contributed by atoms with Gasteiger partial charge in [-0.2, -0.15) is 18.2 Å². The fourth-order valence-electron chi connectivity index (χ4n) is 2.74. The van der Waals surface area contributed by atoms with Gasteiger partial charge in [0.1, 0.15) is 0 Å². The third-order valence-corrected chi connectivity index (χ3v) is 3.96. The van der Waals surface area contributed by atoms with Crippen LogP contribution in [0.25, 0.3) is 0 Å². The summed E-state index contributed by atoms with van der Waals surface area (Å²) in [7, 11) is 1.63. The molecule has 136 valence electrons. The summed E-state index contributed by atoms with van der Waals surface area (Å²) in [6.45, 7) is 2.25. The molecule has 1 fully saturated rings. The molecule has 0 radical (unpaired) electrons. The van der Waals surface area contributed by atoms with Gasteiger partial charge in [-0.15, -0.1) is 0 Å². The molecule has 1 aromatic heterocycles. The SMILES string of the molecule is Cc1nc(CN2CCCC(N(C)C(=O)CNCC(F)(F)F)C2)no1. The molecule has 7 nitrogen and oxygen atoms in total. The van der Waals surface area contributed by atoms with Gasteiger partial charge in [-0.1, -0.05) is 5.16 Å². The van der Waals surface area contributed by atoms with E-state index in [1.54, 1.807) is 14.0 Å². The fraction of sp³-hybridized carbons (Fsp3) is 0.786. The molecule has 1 amide bonds. The van der Waals surface area contributed by atoms with Crippen molar-refractivity contribution in [2.75, 3.05) is 33.2 Å². The normalized spacial score (nSPS) is 19.5. The zero-order valence-corrected chi connectivity index (χ0v) is 13.8. The second-order valence-electron chi connectivity index (χ2n) is 5.98. The number of likely N-dealkylation sites (N-methyl/N-ethyl adjacent to an activating group) is 1. The predicted molar refractivity (Wildman–Crippen MR) is 79.0 cm³/mol. The molecule has 0 spiro atoms. The minimum atomic E-state index is -4.32. The van der Waals surface area contributed by atoms with E-state index in [1.807, 2.05) is 0 Å². The predicted octanol–water partition coefficient (Wildman–Crippen LogP) is 0.953. The van der Waals surface area contributed by atoms with Crippen LogP contribution in [0, 0.1) is 6.92 Å². The first-order chi connectivity index (χ1) is 11.2. The smallest absolute Gasteiger partial charge is 0.340 e. The van der Waals surface area contributed by atoms with Crippen LogP contribution in [0.1, 0.15) is 24.6 Å². The van der Waals surface area contributed by atoms with Crippen LogP contribution in [0.2, 0.25) is 0 Å². The Morgan fingerprint density at radius 1 is 1.50 bits per heavy atom. The fourth-order valence-corrected chi connectivity index (χ4v) is 2.74. The van der Waals surface area contributed by atoms with Crippen molar-refractivity contribution in [2.45, 2.75) is 38.5 Å². The summed E-state index contributed by atoms with van der Waals surface area (Å²) < 4.78 is 41.3. The highest BCUT2D eigenvalue weighted by molar-refractivity contribution is 5.78. The minimum absolute atomic E-state index is 0.0352. The van der Waals surface area contributed by atoms with Crippen molar-refractivity contribution in [1.29, 1.82) is 0 Å². The van der Waals surface area contributed by atoms with E-state index in [1.165, 1.54) is 4.90 Å². The number of rotatable bonds is 6. The molecule has 1 aliphatic heterocycles. The molecule has 1 aromatic rings. The average Bonchev–Trinajstić information content (AvgIpc) is 2.90. The lowest BCUT2D eigenvalue weighted by Crippen LogP contribution is -2.50. The molecule has 1 N–H and O–H groups in total. The van der Waals surface area contributed by atoms with Crippen molar-refractivity contribution >= 4 is 5.91 Å². The summed E-state index contributed by atoms with van der Waals surface area (Å²) in [5.74, 6) is 0.747. The molecular weight excluding hydrogens is 327 g/mol. The number of aryl methyl sites for hydroxylation is 1. The number of nitrogens with one attached hydrogen (secondary N) is 1. The average molecular weight is 349 g/mol. The van der Waals surface area contributed by atoms with Gasteiger partial charge in [0.2, 0.25) is 11.8 Å². The van der Waals surface area contributed by atoms with E-state index >= 15 is 0 Å². The number of piperidine rings is 1. The Balaban J connectivity index is 1.80. The van der Waals surface area contributed by atoms with E-state index in [0.29, 0.717) is 24.8 Å². The van der Waals surface area contributed by atoms with Crippen molar-refractivity contribution < 1.29 is 22.5 Å². The van der Waals surface area contributed by atoms with Gasteiger partial charge in [0.15, 0.2) is 5.82 Å². The lowest BCUT2D eigenvalue weighted by atomic mass is 10.0. The highest BCUT2D eigenvalue weighted by atomic mass is 19.4. The third kappa shape index (κ3) is 5.75. The second-order valence-corrected chi connectivity index (χ2v) is 5.98. The number of alkyl halides is 3. The number of halogens is 3. The molecule has 1 atom stereocenters. The summed E-state index contributed by atoms with van der Waals surface area (Å²) in [5.41, 5.74) is 0. The van der Waals surface area contributed by atoms with Crippen molar-refractivity contribution in [1.82, 2.24) is 25.3 Å². The Hall–Kier alpha value is -1.68. The van der Waals surface area contributed by atoms with E-state index in [0.717, 1.165) is 19.4 Å². The second kappa shape index (κ2) is 7.93. The molecular formula is C14H22F3N5O2. The molecule has 24 heavy (non-hydrogen) atoms. The zero-order chi connectivity index (χ0) is 17.7. The molecule has 2 heterocycles. The first kappa shape index (κ1) is 18.7. The number of aromatic nitrogens is 2. The van der Waals surface area contributed by atoms with Gasteiger partial charge in [0.05, 0.1) is 19.6 Å². The first-order valence-electron chi connectivity index (χ1n) is 7.79. The zero-order valence-electron chi connectivity index (χ0n) is 13.8. The standard InChI is InChI=1S/C14H22F3N5O2/c1-10-19-12(20-24-10)8-22-5-3-4-11(7-22)21(2)13(23)6-18-9-14(15,16)17/h11,18H,3-9H2,1-2H3. The van der Waals surface area contributed by atoms with E-state index in [4.69, 9.17) is 4.52 Å². The highest BCUT2D eigenvalue weighted by Crippen LogP contribution is 2.17. The maximum absolute atomic E-state index is 12.1. The van der Waals surface area contributed by atoms with Crippen LogP contribution in [0.15, 0.2) is 4.52 Å². The van der Waals surface area contributed by atoms with E-state index < -0.39 is 12.7 Å². The summed E-state index contributed by atoms with van der Waals surface area (Å²) in [4.78, 5) is 19.8. The van der Waals surface area contributed by atoms with Gasteiger partial charge in [0.25, 0.3) is 0 Å². The molecule has 1 aliphatic rings. The Morgan fingerprint density at radius 2 is 2.25 bits per heavy atom. The van der Waals surface area contributed by atoms with Gasteiger partial charge in [-0.25, -0.2) is 0 Å². The van der Waals surface area contributed by atoms with E-state index in [9.17, 15) is 18.0 Å². The molecule has 1 unspecified atom stereocenters. The molecule has 0 bridgehead atoms. The molecule has 1 saturated heterocycles. The van der Waals surface area contributed by atoms with Gasteiger partial charge < -0.3 is 14.7 Å². The Kier molecular flexibility index (Phi) is 6.16. The number of nitrogens with zero attached hydrogens (tertiary/aromatic N) is 4. The number of carbonyl (C=O) groups is 1. The minimum Gasteiger partial charge on any atom is -0.340 e. The van der Waals surface area contributed by atoms with Crippen molar-refractivity contribution in [2.24, 2.45) is 0 Å². The van der Waals surface area contributed by atoms with Crippen LogP contribution >= 0.6 is 0 Å². The van der Waals surface area contributed by atoms with Gasteiger partial charge in [0, 0.05) is 26.6 Å². The van der Waals surface area contributed by atoms with Crippen LogP contribution in [-0.4, -0.2) is 71.3 Å². The molecule has 0 saturated carbocycles. The van der Waals surface area contributed by atoms with Gasteiger partial charge in [-0.05, 0) is 19.4 Å². The molecule has 0 aliphatic carbocycles. The van der Waals surface area contributed by atoms with Crippen molar-refractivity contribution in [3.05, 3.63) is 11.7 Å². The molecule has 10 heteroatoms. The summed E-state index contributed by atoms with van der Waals surface area (Å²) in [6, 6.07) is -0.0352. The molecule has 2 rings (SSSR count). The topological polar surface area (TPSA) is 74.5 Å². The quantitative estimate of drug-likeness (QED) is 0.824. The van der Waals surface area contributed by atoms with Crippen LogP contribution in [0.3, 0.4) is 0 Å². The van der Waals surface area contributed by atoms with Gasteiger partial charge in [-0.3, -0.25) is 9.69 Å². The van der Waals surface area contributed by atoms with Crippen LogP contribution in [0.4, 0.5) is 13.2 Å². The number of hydrogen-bond acceptors (Lipinski definition) is 6. The lowest BCUT2D eigenvalue weighted by molar-refractivity contribution is -0.135. The monoisotopic (exact) mass is 349 g/mol. The third-order valence-electron chi connectivity index (χ3n) is 3.96. The van der Waals surface area contributed by atoms with Crippen molar-refractivity contribution in [3.63, 3.8) is 0 Å². The van der Waals surface area contributed by atoms with Crippen LogP contribution < -0.4 is 5.32 Å².